The van der Waals surface area contributed by atoms with Gasteiger partial charge < -0.3 is 9.67 Å². The lowest BCUT2D eigenvalue weighted by molar-refractivity contribution is -0.140. The first-order valence-corrected chi connectivity index (χ1v) is 6.03. The molecule has 0 unspecified atom stereocenters. The predicted molar refractivity (Wildman–Crippen MR) is 62.2 cm³/mol. The van der Waals surface area contributed by atoms with E-state index in [0.29, 0.717) is 6.42 Å². The zero-order chi connectivity index (χ0) is 11.4. The van der Waals surface area contributed by atoms with Crippen LogP contribution in [-0.4, -0.2) is 15.6 Å². The largest absolute Gasteiger partial charge is 0.481 e. The van der Waals surface area contributed by atoms with Crippen LogP contribution in [0.1, 0.15) is 38.5 Å². The molecule has 0 atom stereocenters. The van der Waals surface area contributed by atoms with Gasteiger partial charge in [-0.3, -0.25) is 4.79 Å². The van der Waals surface area contributed by atoms with E-state index in [1.807, 2.05) is 24.5 Å². The van der Waals surface area contributed by atoms with Crippen LogP contribution in [0.2, 0.25) is 0 Å². The molecule has 16 heavy (non-hydrogen) atoms. The van der Waals surface area contributed by atoms with Gasteiger partial charge in [0.2, 0.25) is 0 Å². The summed E-state index contributed by atoms with van der Waals surface area (Å²) in [6, 6.07) is 3.99. The molecule has 0 amide bonds. The number of rotatable bonds is 4. The highest BCUT2D eigenvalue weighted by Gasteiger charge is 2.34. The Morgan fingerprint density at radius 2 is 1.81 bits per heavy atom. The van der Waals surface area contributed by atoms with E-state index in [1.165, 1.54) is 19.3 Å². The quantitative estimate of drug-likeness (QED) is 0.849. The maximum Gasteiger partial charge on any atom is 0.303 e. The summed E-state index contributed by atoms with van der Waals surface area (Å²) >= 11 is 0. The molecule has 88 valence electrons. The second-order valence-electron chi connectivity index (χ2n) is 4.99. The van der Waals surface area contributed by atoms with Crippen LogP contribution in [0.4, 0.5) is 0 Å². The normalized spacial score (nSPS) is 19.5. The molecule has 0 spiro atoms. The van der Waals surface area contributed by atoms with Gasteiger partial charge in [0.25, 0.3) is 0 Å². The van der Waals surface area contributed by atoms with Crippen molar-refractivity contribution in [3.8, 4) is 0 Å². The lowest BCUT2D eigenvalue weighted by Crippen LogP contribution is -2.31. The molecule has 0 radical (unpaired) electrons. The third-order valence-corrected chi connectivity index (χ3v) is 3.62. The number of aromatic nitrogens is 1. The molecule has 0 bridgehead atoms. The van der Waals surface area contributed by atoms with Crippen molar-refractivity contribution >= 4 is 5.97 Å². The summed E-state index contributed by atoms with van der Waals surface area (Å²) in [5.41, 5.74) is -0.0108. The van der Waals surface area contributed by atoms with Gasteiger partial charge in [-0.25, -0.2) is 0 Å². The summed E-state index contributed by atoms with van der Waals surface area (Å²) in [6.45, 7) is 0.853. The van der Waals surface area contributed by atoms with Crippen molar-refractivity contribution in [1.82, 2.24) is 4.57 Å². The zero-order valence-corrected chi connectivity index (χ0v) is 9.56. The highest BCUT2D eigenvalue weighted by Crippen LogP contribution is 2.40. The molecule has 1 aliphatic rings. The Balaban J connectivity index is 2.09. The molecule has 1 aromatic rings. The third-order valence-electron chi connectivity index (χ3n) is 3.62. The first-order valence-electron chi connectivity index (χ1n) is 6.03. The molecular weight excluding hydrogens is 202 g/mol. The molecule has 1 heterocycles. The van der Waals surface area contributed by atoms with Gasteiger partial charge in [-0.15, -0.1) is 0 Å². The number of hydrogen-bond donors (Lipinski definition) is 1. The van der Waals surface area contributed by atoms with Gasteiger partial charge in [-0.05, 0) is 30.4 Å². The number of carboxylic acid groups (broad SMARTS) is 1. The van der Waals surface area contributed by atoms with Crippen molar-refractivity contribution < 1.29 is 9.90 Å². The van der Waals surface area contributed by atoms with Crippen molar-refractivity contribution in [3.63, 3.8) is 0 Å². The molecular formula is C13H19NO2. The molecule has 1 aromatic heterocycles. The number of carbonyl (C=O) groups is 1. The fourth-order valence-electron chi connectivity index (χ4n) is 2.88. The maximum absolute atomic E-state index is 11.0. The van der Waals surface area contributed by atoms with Crippen LogP contribution in [0.5, 0.6) is 0 Å². The third kappa shape index (κ3) is 2.65. The second-order valence-corrected chi connectivity index (χ2v) is 4.99. The molecule has 0 aliphatic heterocycles. The second kappa shape index (κ2) is 4.73. The Morgan fingerprint density at radius 3 is 2.38 bits per heavy atom. The molecule has 1 aliphatic carbocycles. The predicted octanol–water partition coefficient (Wildman–Crippen LogP) is 2.91. The van der Waals surface area contributed by atoms with Crippen LogP contribution in [0.25, 0.3) is 0 Å². The number of hydrogen-bond acceptors (Lipinski definition) is 1. The van der Waals surface area contributed by atoms with Crippen molar-refractivity contribution in [2.45, 2.75) is 45.1 Å². The van der Waals surface area contributed by atoms with Crippen molar-refractivity contribution in [3.05, 3.63) is 24.5 Å². The molecule has 0 saturated heterocycles. The van der Waals surface area contributed by atoms with E-state index in [9.17, 15) is 4.79 Å². The number of carboxylic acids is 1. The van der Waals surface area contributed by atoms with Gasteiger partial charge in [-0.1, -0.05) is 19.3 Å². The first kappa shape index (κ1) is 11.2. The lowest BCUT2D eigenvalue weighted by Gasteiger charge is -2.36. The fraction of sp³-hybridized carbons (Fsp3) is 0.615. The van der Waals surface area contributed by atoms with Gasteiger partial charge in [0.1, 0.15) is 0 Å². The molecule has 1 saturated carbocycles. The van der Waals surface area contributed by atoms with E-state index in [2.05, 4.69) is 4.57 Å². The average molecular weight is 221 g/mol. The average Bonchev–Trinajstić information content (AvgIpc) is 2.70. The highest BCUT2D eigenvalue weighted by molar-refractivity contribution is 5.67. The standard InChI is InChI=1S/C13H19NO2/c15-12(16)10-13(6-2-1-3-7-13)11-14-8-4-5-9-14/h4-5,8-9H,1-3,6-7,10-11H2,(H,15,16). The van der Waals surface area contributed by atoms with E-state index in [1.54, 1.807) is 0 Å². The minimum Gasteiger partial charge on any atom is -0.481 e. The Hall–Kier alpha value is -1.25. The summed E-state index contributed by atoms with van der Waals surface area (Å²) in [6.07, 6.45) is 10.1. The topological polar surface area (TPSA) is 42.2 Å². The van der Waals surface area contributed by atoms with Crippen LogP contribution in [0, 0.1) is 5.41 Å². The Bertz CT molecular complexity index is 337. The van der Waals surface area contributed by atoms with Crippen LogP contribution in [-0.2, 0) is 11.3 Å². The Morgan fingerprint density at radius 1 is 1.19 bits per heavy atom. The molecule has 1 fully saturated rings. The van der Waals surface area contributed by atoms with Crippen molar-refractivity contribution in [2.24, 2.45) is 5.41 Å². The van der Waals surface area contributed by atoms with Gasteiger partial charge in [0, 0.05) is 18.9 Å². The van der Waals surface area contributed by atoms with E-state index in [0.717, 1.165) is 19.4 Å². The maximum atomic E-state index is 11.0. The van der Waals surface area contributed by atoms with Crippen LogP contribution >= 0.6 is 0 Å². The Labute approximate surface area is 96.1 Å². The minimum absolute atomic E-state index is 0.0108. The van der Waals surface area contributed by atoms with Crippen molar-refractivity contribution in [2.75, 3.05) is 0 Å². The number of nitrogens with zero attached hydrogens (tertiary/aromatic N) is 1. The van der Waals surface area contributed by atoms with Crippen molar-refractivity contribution in [1.29, 1.82) is 0 Å². The molecule has 2 rings (SSSR count). The number of aliphatic carboxylic acids is 1. The highest BCUT2D eigenvalue weighted by atomic mass is 16.4. The van der Waals surface area contributed by atoms with E-state index >= 15 is 0 Å². The minimum atomic E-state index is -0.658. The SMILES string of the molecule is O=C(O)CC1(Cn2cccc2)CCCCC1. The zero-order valence-electron chi connectivity index (χ0n) is 9.56. The van der Waals surface area contributed by atoms with Gasteiger partial charge in [-0.2, -0.15) is 0 Å². The monoisotopic (exact) mass is 221 g/mol. The smallest absolute Gasteiger partial charge is 0.303 e. The molecule has 3 nitrogen and oxygen atoms in total. The molecule has 1 N–H and O–H groups in total. The summed E-state index contributed by atoms with van der Waals surface area (Å²) in [5, 5.41) is 9.05. The first-order chi connectivity index (χ1) is 7.70. The lowest BCUT2D eigenvalue weighted by atomic mass is 9.71. The van der Waals surface area contributed by atoms with E-state index < -0.39 is 5.97 Å². The summed E-state index contributed by atoms with van der Waals surface area (Å²) in [7, 11) is 0. The summed E-state index contributed by atoms with van der Waals surface area (Å²) < 4.78 is 2.12. The Kier molecular flexibility index (Phi) is 3.32. The van der Waals surface area contributed by atoms with E-state index in [-0.39, 0.29) is 5.41 Å². The van der Waals surface area contributed by atoms with Crippen LogP contribution in [0.15, 0.2) is 24.5 Å². The van der Waals surface area contributed by atoms with Gasteiger partial charge in [0.15, 0.2) is 0 Å². The van der Waals surface area contributed by atoms with E-state index in [4.69, 9.17) is 5.11 Å². The van der Waals surface area contributed by atoms with Crippen LogP contribution in [0.3, 0.4) is 0 Å². The molecule has 3 heteroatoms. The van der Waals surface area contributed by atoms with Gasteiger partial charge in [0.05, 0.1) is 6.42 Å². The summed E-state index contributed by atoms with van der Waals surface area (Å²) in [5.74, 6) is -0.658. The summed E-state index contributed by atoms with van der Waals surface area (Å²) in [4.78, 5) is 11.0. The fourth-order valence-corrected chi connectivity index (χ4v) is 2.88. The van der Waals surface area contributed by atoms with Crippen LogP contribution < -0.4 is 0 Å². The molecule has 0 aromatic carbocycles. The van der Waals surface area contributed by atoms with Gasteiger partial charge >= 0.3 is 5.97 Å².